The van der Waals surface area contributed by atoms with Gasteiger partial charge in [0.25, 0.3) is 0 Å². The van der Waals surface area contributed by atoms with Crippen molar-refractivity contribution in [3.63, 3.8) is 0 Å². The molecular weight excluding hydrogens is 269 g/mol. The first-order chi connectivity index (χ1) is 8.89. The number of sulfone groups is 1. The molecule has 0 saturated carbocycles. The minimum absolute atomic E-state index is 0.306. The van der Waals surface area contributed by atoms with Gasteiger partial charge in [-0.3, -0.25) is 0 Å². The predicted molar refractivity (Wildman–Crippen MR) is 70.5 cm³/mol. The summed E-state index contributed by atoms with van der Waals surface area (Å²) in [6, 6.07) is 2.72. The van der Waals surface area contributed by atoms with Crippen LogP contribution in [-0.4, -0.2) is 32.9 Å². The van der Waals surface area contributed by atoms with Crippen LogP contribution in [0.4, 0.5) is 4.39 Å². The van der Waals surface area contributed by atoms with Crippen LogP contribution in [0.15, 0.2) is 17.0 Å². The minimum atomic E-state index is -3.77. The van der Waals surface area contributed by atoms with Crippen LogP contribution in [0.3, 0.4) is 0 Å². The Hall–Kier alpha value is -1.14. The van der Waals surface area contributed by atoms with Gasteiger partial charge in [0.05, 0.1) is 0 Å². The van der Waals surface area contributed by atoms with Crippen molar-refractivity contribution in [2.75, 3.05) is 19.3 Å². The quantitative estimate of drug-likeness (QED) is 0.883. The molecule has 1 aliphatic heterocycles. The lowest BCUT2D eigenvalue weighted by Crippen LogP contribution is -2.31. The minimum Gasteiger partial charge on any atom is -0.506 e. The zero-order valence-electron chi connectivity index (χ0n) is 10.8. The van der Waals surface area contributed by atoms with E-state index >= 15 is 0 Å². The van der Waals surface area contributed by atoms with Crippen molar-refractivity contribution >= 4 is 9.84 Å². The third-order valence-corrected chi connectivity index (χ3v) is 4.56. The Morgan fingerprint density at radius 3 is 2.79 bits per heavy atom. The summed E-state index contributed by atoms with van der Waals surface area (Å²) in [5.41, 5.74) is 0.354. The van der Waals surface area contributed by atoms with Crippen LogP contribution in [0.1, 0.15) is 18.4 Å². The highest BCUT2D eigenvalue weighted by molar-refractivity contribution is 7.90. The van der Waals surface area contributed by atoms with E-state index in [0.717, 1.165) is 32.2 Å². The predicted octanol–water partition coefficient (Wildman–Crippen LogP) is 1.48. The lowest BCUT2D eigenvalue weighted by Gasteiger charge is -2.23. The molecule has 1 heterocycles. The molecule has 1 aromatic carbocycles. The number of halogens is 1. The van der Waals surface area contributed by atoms with Crippen LogP contribution >= 0.6 is 0 Å². The molecule has 2 rings (SSSR count). The first-order valence-electron chi connectivity index (χ1n) is 6.30. The Morgan fingerprint density at radius 2 is 2.21 bits per heavy atom. The van der Waals surface area contributed by atoms with E-state index in [1.54, 1.807) is 0 Å². The second kappa shape index (κ2) is 5.46. The van der Waals surface area contributed by atoms with Gasteiger partial charge in [0.2, 0.25) is 0 Å². The molecule has 0 radical (unpaired) electrons. The zero-order valence-corrected chi connectivity index (χ0v) is 11.6. The van der Waals surface area contributed by atoms with E-state index in [9.17, 15) is 17.9 Å². The summed E-state index contributed by atoms with van der Waals surface area (Å²) in [6.07, 6.45) is 3.43. The standard InChI is InChI=1S/C13H18FNO3S/c1-19(17,18)13-11(16)5-4-10(12(13)14)7-9-3-2-6-15-8-9/h4-5,9,15-16H,2-3,6-8H2,1H3. The molecule has 1 atom stereocenters. The number of hydrogen-bond acceptors (Lipinski definition) is 4. The van der Waals surface area contributed by atoms with E-state index in [4.69, 9.17) is 0 Å². The average Bonchev–Trinajstić information content (AvgIpc) is 2.32. The van der Waals surface area contributed by atoms with Gasteiger partial charge in [0.15, 0.2) is 9.84 Å². The van der Waals surface area contributed by atoms with Crippen molar-refractivity contribution in [1.82, 2.24) is 5.32 Å². The van der Waals surface area contributed by atoms with E-state index in [2.05, 4.69) is 5.32 Å². The lowest BCUT2D eigenvalue weighted by molar-refractivity contribution is 0.369. The van der Waals surface area contributed by atoms with E-state index in [0.29, 0.717) is 17.9 Å². The smallest absolute Gasteiger partial charge is 0.182 e. The Bertz CT molecular complexity index is 565. The van der Waals surface area contributed by atoms with Crippen molar-refractivity contribution in [3.8, 4) is 5.75 Å². The van der Waals surface area contributed by atoms with Gasteiger partial charge in [-0.15, -0.1) is 0 Å². The first-order valence-corrected chi connectivity index (χ1v) is 8.20. The highest BCUT2D eigenvalue weighted by Gasteiger charge is 2.23. The molecule has 0 aromatic heterocycles. The van der Waals surface area contributed by atoms with Crippen molar-refractivity contribution in [1.29, 1.82) is 0 Å². The Morgan fingerprint density at radius 1 is 1.47 bits per heavy atom. The number of benzene rings is 1. The van der Waals surface area contributed by atoms with Gasteiger partial charge in [-0.1, -0.05) is 6.07 Å². The summed E-state index contributed by atoms with van der Waals surface area (Å²) in [5, 5.41) is 12.8. The van der Waals surface area contributed by atoms with Gasteiger partial charge in [-0.25, -0.2) is 12.8 Å². The average molecular weight is 287 g/mol. The summed E-state index contributed by atoms with van der Waals surface area (Å²) >= 11 is 0. The number of nitrogens with one attached hydrogen (secondary N) is 1. The molecule has 4 nitrogen and oxygen atoms in total. The monoisotopic (exact) mass is 287 g/mol. The maximum absolute atomic E-state index is 14.2. The van der Waals surface area contributed by atoms with Crippen LogP contribution < -0.4 is 5.32 Å². The molecule has 1 aliphatic rings. The van der Waals surface area contributed by atoms with Gasteiger partial charge < -0.3 is 10.4 Å². The molecule has 1 aromatic rings. The van der Waals surface area contributed by atoms with Crippen molar-refractivity contribution < 1.29 is 17.9 Å². The Labute approximate surface area is 112 Å². The fraction of sp³-hybridized carbons (Fsp3) is 0.538. The molecule has 0 aliphatic carbocycles. The molecule has 1 unspecified atom stereocenters. The van der Waals surface area contributed by atoms with Crippen molar-refractivity contribution in [3.05, 3.63) is 23.5 Å². The lowest BCUT2D eigenvalue weighted by atomic mass is 9.92. The van der Waals surface area contributed by atoms with E-state index < -0.39 is 26.3 Å². The normalized spacial score (nSPS) is 20.4. The number of hydrogen-bond donors (Lipinski definition) is 2. The van der Waals surface area contributed by atoms with E-state index in [1.807, 2.05) is 0 Å². The summed E-state index contributed by atoms with van der Waals surface area (Å²) < 4.78 is 37.2. The van der Waals surface area contributed by atoms with Gasteiger partial charge in [-0.2, -0.15) is 0 Å². The van der Waals surface area contributed by atoms with Gasteiger partial charge in [0, 0.05) is 6.26 Å². The summed E-state index contributed by atoms with van der Waals surface area (Å²) in [5.74, 6) is -1.03. The molecule has 0 bridgehead atoms. The maximum Gasteiger partial charge on any atom is 0.182 e. The molecular formula is C13H18FNO3S. The summed E-state index contributed by atoms with van der Waals surface area (Å²) in [4.78, 5) is -0.589. The van der Waals surface area contributed by atoms with Crippen LogP contribution in [0.5, 0.6) is 5.75 Å². The SMILES string of the molecule is CS(=O)(=O)c1c(O)ccc(CC2CCCNC2)c1F. The molecule has 6 heteroatoms. The van der Waals surface area contributed by atoms with Crippen molar-refractivity contribution in [2.45, 2.75) is 24.2 Å². The number of piperidine rings is 1. The molecule has 0 amide bonds. The highest BCUT2D eigenvalue weighted by Crippen LogP contribution is 2.29. The molecule has 1 saturated heterocycles. The van der Waals surface area contributed by atoms with Gasteiger partial charge in [0.1, 0.15) is 16.5 Å². The van der Waals surface area contributed by atoms with Crippen LogP contribution in [0.25, 0.3) is 0 Å². The van der Waals surface area contributed by atoms with Gasteiger partial charge >= 0.3 is 0 Å². The van der Waals surface area contributed by atoms with Crippen molar-refractivity contribution in [2.24, 2.45) is 5.92 Å². The third-order valence-electron chi connectivity index (χ3n) is 3.43. The largest absolute Gasteiger partial charge is 0.506 e. The topological polar surface area (TPSA) is 66.4 Å². The second-order valence-electron chi connectivity index (χ2n) is 5.08. The van der Waals surface area contributed by atoms with Gasteiger partial charge in [-0.05, 0) is 49.9 Å². The second-order valence-corrected chi connectivity index (χ2v) is 7.03. The number of rotatable bonds is 3. The third kappa shape index (κ3) is 3.25. The molecule has 1 fully saturated rings. The molecule has 19 heavy (non-hydrogen) atoms. The molecule has 0 spiro atoms. The van der Waals surface area contributed by atoms with E-state index in [-0.39, 0.29) is 0 Å². The highest BCUT2D eigenvalue weighted by atomic mass is 32.2. The molecule has 2 N–H and O–H groups in total. The molecule has 106 valence electrons. The Kier molecular flexibility index (Phi) is 4.10. The first kappa shape index (κ1) is 14.3. The number of aromatic hydroxyl groups is 1. The fourth-order valence-corrected chi connectivity index (χ4v) is 3.41. The van der Waals surface area contributed by atoms with E-state index in [1.165, 1.54) is 12.1 Å². The zero-order chi connectivity index (χ0) is 14.0. The summed E-state index contributed by atoms with van der Waals surface area (Å²) in [7, 11) is -3.77. The number of phenols is 1. The summed E-state index contributed by atoms with van der Waals surface area (Å²) in [6.45, 7) is 1.79. The van der Waals surface area contributed by atoms with Crippen LogP contribution in [0.2, 0.25) is 0 Å². The maximum atomic E-state index is 14.2. The van der Waals surface area contributed by atoms with Crippen LogP contribution in [0, 0.1) is 11.7 Å². The fourth-order valence-electron chi connectivity index (χ4n) is 2.51. The number of phenolic OH excluding ortho intramolecular Hbond substituents is 1. The Balaban J connectivity index is 2.32. The van der Waals surface area contributed by atoms with Crippen LogP contribution in [-0.2, 0) is 16.3 Å².